The highest BCUT2D eigenvalue weighted by molar-refractivity contribution is 6.31. The molecule has 40 heavy (non-hydrogen) atoms. The highest BCUT2D eigenvalue weighted by Gasteiger charge is 2.26. The first-order valence-corrected chi connectivity index (χ1v) is 12.9. The van der Waals surface area contributed by atoms with Gasteiger partial charge in [-0.05, 0) is 54.4 Å². The van der Waals surface area contributed by atoms with Crippen LogP contribution in [-0.2, 0) is 18.3 Å². The molecule has 0 aliphatic heterocycles. The lowest BCUT2D eigenvalue weighted by Crippen LogP contribution is -2.36. The number of ketones is 1. The second-order valence-electron chi connectivity index (χ2n) is 9.37. The van der Waals surface area contributed by atoms with Crippen LogP contribution in [0.25, 0.3) is 22.0 Å². The molecule has 0 aliphatic rings. The van der Waals surface area contributed by atoms with Crippen molar-refractivity contribution in [2.24, 2.45) is 7.05 Å². The minimum atomic E-state index is -1.01. The van der Waals surface area contributed by atoms with Gasteiger partial charge in [0, 0.05) is 47.4 Å². The van der Waals surface area contributed by atoms with Crippen LogP contribution >= 0.6 is 11.6 Å². The lowest BCUT2D eigenvalue weighted by molar-refractivity contribution is -0.119. The fraction of sp³-hybridized carbons (Fsp3) is 0.167. The summed E-state index contributed by atoms with van der Waals surface area (Å²) in [4.78, 5) is 39.6. The summed E-state index contributed by atoms with van der Waals surface area (Å²) in [5, 5.41) is 13.0. The number of fused-ring (bicyclic) bond motifs is 1. The molecule has 10 heteroatoms. The van der Waals surface area contributed by atoms with Crippen molar-refractivity contribution in [2.75, 3.05) is 12.4 Å². The summed E-state index contributed by atoms with van der Waals surface area (Å²) in [6.07, 6.45) is 2.06. The number of benzene rings is 3. The Bertz CT molecular complexity index is 1800. The van der Waals surface area contributed by atoms with Gasteiger partial charge in [-0.2, -0.15) is 5.10 Å². The van der Waals surface area contributed by atoms with E-state index in [2.05, 4.69) is 15.5 Å². The van der Waals surface area contributed by atoms with E-state index in [1.165, 1.54) is 20.1 Å². The molecule has 9 nitrogen and oxygen atoms in total. The molecule has 0 radical (unpaired) electrons. The summed E-state index contributed by atoms with van der Waals surface area (Å²) in [5.74, 6) is -0.555. The number of halogens is 1. The molecule has 0 aliphatic carbocycles. The number of anilines is 1. The molecule has 0 bridgehead atoms. The van der Waals surface area contributed by atoms with Crippen LogP contribution in [0.3, 0.4) is 0 Å². The van der Waals surface area contributed by atoms with Crippen LogP contribution in [0.2, 0.25) is 5.02 Å². The van der Waals surface area contributed by atoms with Crippen molar-refractivity contribution in [3.8, 4) is 17.0 Å². The van der Waals surface area contributed by atoms with Gasteiger partial charge in [0.15, 0.2) is 5.78 Å². The first-order chi connectivity index (χ1) is 19.2. The summed E-state index contributed by atoms with van der Waals surface area (Å²) in [6, 6.07) is 19.9. The Hall–Kier alpha value is -4.76. The minimum Gasteiger partial charge on any atom is -0.480 e. The third-order valence-electron chi connectivity index (χ3n) is 6.52. The van der Waals surface area contributed by atoms with Gasteiger partial charge in [-0.15, -0.1) is 5.10 Å². The van der Waals surface area contributed by atoms with E-state index in [1.807, 2.05) is 55.7 Å². The Kier molecular flexibility index (Phi) is 7.48. The molecular formula is C30H26ClN5O4. The number of nitrogens with one attached hydrogen (secondary N) is 1. The van der Waals surface area contributed by atoms with Crippen molar-refractivity contribution in [3.63, 3.8) is 0 Å². The second kappa shape index (κ2) is 11.2. The molecule has 0 fully saturated rings. The molecular weight excluding hydrogens is 530 g/mol. The van der Waals surface area contributed by atoms with Gasteiger partial charge in [0.05, 0.1) is 18.2 Å². The van der Waals surface area contributed by atoms with Crippen molar-refractivity contribution in [1.29, 1.82) is 0 Å². The van der Waals surface area contributed by atoms with Crippen LogP contribution in [0, 0.1) is 0 Å². The molecule has 0 saturated heterocycles. The first kappa shape index (κ1) is 26.8. The number of aromatic nitrogens is 4. The van der Waals surface area contributed by atoms with Gasteiger partial charge in [0.25, 0.3) is 5.56 Å². The quantitative estimate of drug-likeness (QED) is 0.267. The zero-order chi connectivity index (χ0) is 28.4. The largest absolute Gasteiger partial charge is 0.480 e. The third kappa shape index (κ3) is 5.50. The number of ether oxygens (including phenoxy) is 1. The SMILES string of the molecule is COc1nn(C(Cc2ccccc2)C(=O)Nc2ccc3nn(C)cc3c2)c(=O)cc1-c1cc(Cl)ccc1C(C)=O. The number of carbonyl (C=O) groups excluding carboxylic acids is 2. The molecule has 202 valence electrons. The fourth-order valence-electron chi connectivity index (χ4n) is 4.65. The van der Waals surface area contributed by atoms with E-state index in [4.69, 9.17) is 16.3 Å². The molecule has 0 saturated carbocycles. The number of hydrogen-bond donors (Lipinski definition) is 1. The molecule has 2 aromatic heterocycles. The molecule has 3 aromatic carbocycles. The third-order valence-corrected chi connectivity index (χ3v) is 6.76. The molecule has 2 heterocycles. The van der Waals surface area contributed by atoms with Gasteiger partial charge in [-0.1, -0.05) is 41.9 Å². The standard InChI is InChI=1S/C30H26ClN5O4/c1-18(37)23-11-9-21(31)15-24(23)25-16-28(38)36(34-30(25)40-3)27(13-19-7-5-4-6-8-19)29(39)32-22-10-12-26-20(14-22)17-35(2)33-26/h4-12,14-17,27H,13H2,1-3H3,(H,32,39). The van der Waals surface area contributed by atoms with Gasteiger partial charge in [-0.25, -0.2) is 4.68 Å². The zero-order valence-electron chi connectivity index (χ0n) is 22.1. The van der Waals surface area contributed by atoms with E-state index < -0.39 is 17.5 Å². The number of rotatable bonds is 8. The maximum Gasteiger partial charge on any atom is 0.268 e. The Morgan fingerprint density at radius 2 is 1.77 bits per heavy atom. The van der Waals surface area contributed by atoms with Crippen molar-refractivity contribution in [1.82, 2.24) is 19.6 Å². The Labute approximate surface area is 235 Å². The number of hydrogen-bond acceptors (Lipinski definition) is 6. The highest BCUT2D eigenvalue weighted by atomic mass is 35.5. The first-order valence-electron chi connectivity index (χ1n) is 12.5. The molecule has 5 aromatic rings. The van der Waals surface area contributed by atoms with Crippen molar-refractivity contribution in [2.45, 2.75) is 19.4 Å². The van der Waals surface area contributed by atoms with Crippen LogP contribution in [0.15, 0.2) is 83.8 Å². The summed E-state index contributed by atoms with van der Waals surface area (Å²) < 4.78 is 8.37. The maximum atomic E-state index is 13.7. The highest BCUT2D eigenvalue weighted by Crippen LogP contribution is 2.33. The molecule has 1 unspecified atom stereocenters. The molecule has 1 N–H and O–H groups in total. The Morgan fingerprint density at radius 3 is 2.50 bits per heavy atom. The van der Waals surface area contributed by atoms with Gasteiger partial charge in [0.1, 0.15) is 6.04 Å². The normalized spacial score (nSPS) is 11.8. The smallest absolute Gasteiger partial charge is 0.268 e. The maximum absolute atomic E-state index is 13.7. The number of amides is 1. The average Bonchev–Trinajstić information content (AvgIpc) is 3.31. The van der Waals surface area contributed by atoms with Crippen LogP contribution in [-0.4, -0.2) is 38.4 Å². The summed E-state index contributed by atoms with van der Waals surface area (Å²) in [5.41, 5.74) is 2.75. The Morgan fingerprint density at radius 1 is 1.00 bits per heavy atom. The topological polar surface area (TPSA) is 108 Å². The monoisotopic (exact) mass is 555 g/mol. The predicted octanol–water partition coefficient (Wildman–Crippen LogP) is 5.08. The molecule has 1 amide bonds. The predicted molar refractivity (Wildman–Crippen MR) is 154 cm³/mol. The van der Waals surface area contributed by atoms with Gasteiger partial charge >= 0.3 is 0 Å². The van der Waals surface area contributed by atoms with Crippen molar-refractivity contribution >= 4 is 39.9 Å². The van der Waals surface area contributed by atoms with E-state index in [9.17, 15) is 14.4 Å². The molecule has 5 rings (SSSR count). The van der Waals surface area contributed by atoms with Crippen LogP contribution in [0.4, 0.5) is 5.69 Å². The van der Waals surface area contributed by atoms with Crippen LogP contribution in [0.1, 0.15) is 28.9 Å². The Balaban J connectivity index is 1.58. The lowest BCUT2D eigenvalue weighted by atomic mass is 9.98. The number of methoxy groups -OCH3 is 1. The molecule has 1 atom stereocenters. The van der Waals surface area contributed by atoms with E-state index in [0.717, 1.165) is 21.1 Å². The summed E-state index contributed by atoms with van der Waals surface area (Å²) in [6.45, 7) is 1.43. The lowest BCUT2D eigenvalue weighted by Gasteiger charge is -2.20. The van der Waals surface area contributed by atoms with Crippen LogP contribution in [0.5, 0.6) is 5.88 Å². The van der Waals surface area contributed by atoms with E-state index >= 15 is 0 Å². The second-order valence-corrected chi connectivity index (χ2v) is 9.80. The van der Waals surface area contributed by atoms with E-state index in [1.54, 1.807) is 28.9 Å². The van der Waals surface area contributed by atoms with Crippen LogP contribution < -0.4 is 15.6 Å². The molecule has 0 spiro atoms. The van der Waals surface area contributed by atoms with Crippen molar-refractivity contribution < 1.29 is 14.3 Å². The van der Waals surface area contributed by atoms with Gasteiger partial charge in [-0.3, -0.25) is 19.1 Å². The summed E-state index contributed by atoms with van der Waals surface area (Å²) >= 11 is 6.22. The summed E-state index contributed by atoms with van der Waals surface area (Å²) in [7, 11) is 3.24. The number of aryl methyl sites for hydroxylation is 1. The van der Waals surface area contributed by atoms with Gasteiger partial charge < -0.3 is 10.1 Å². The minimum absolute atomic E-state index is 0.0759. The van der Waals surface area contributed by atoms with E-state index in [0.29, 0.717) is 27.4 Å². The van der Waals surface area contributed by atoms with E-state index in [-0.39, 0.29) is 18.1 Å². The van der Waals surface area contributed by atoms with Crippen molar-refractivity contribution in [3.05, 3.63) is 105 Å². The number of carbonyl (C=O) groups is 2. The number of nitrogens with zero attached hydrogens (tertiary/aromatic N) is 4. The van der Waals surface area contributed by atoms with Gasteiger partial charge in [0.2, 0.25) is 11.8 Å². The fourth-order valence-corrected chi connectivity index (χ4v) is 4.82. The number of Topliss-reactive ketones (excluding diaryl/α,β-unsaturated/α-hetero) is 1. The average molecular weight is 556 g/mol. The zero-order valence-corrected chi connectivity index (χ0v) is 22.8.